The Bertz CT molecular complexity index is 521. The van der Waals surface area contributed by atoms with Crippen molar-refractivity contribution in [1.82, 2.24) is 9.55 Å². The first-order chi connectivity index (χ1) is 7.89. The summed E-state index contributed by atoms with van der Waals surface area (Å²) in [4.78, 5) is 4.40. The van der Waals surface area contributed by atoms with Crippen molar-refractivity contribution < 1.29 is 0 Å². The highest BCUT2D eigenvalue weighted by Gasteiger charge is 2.18. The number of aromatic nitrogens is 2. The summed E-state index contributed by atoms with van der Waals surface area (Å²) < 4.78 is 3.04. The van der Waals surface area contributed by atoms with E-state index in [1.165, 1.54) is 0 Å². The summed E-state index contributed by atoms with van der Waals surface area (Å²) in [5.41, 5.74) is 7.97. The van der Waals surface area contributed by atoms with Crippen LogP contribution in [0.4, 0.5) is 5.82 Å². The third-order valence-electron chi connectivity index (χ3n) is 2.64. The minimum absolute atomic E-state index is 0.0509. The number of nitrogen functional groups attached to an aromatic ring is 1. The molecular formula is C13H16BrN3. The molecule has 2 aromatic rings. The van der Waals surface area contributed by atoms with E-state index in [1.807, 2.05) is 28.8 Å². The van der Waals surface area contributed by atoms with E-state index in [0.717, 1.165) is 15.7 Å². The number of imidazole rings is 1. The fourth-order valence-electron chi connectivity index (χ4n) is 1.72. The van der Waals surface area contributed by atoms with Gasteiger partial charge < -0.3 is 10.3 Å². The van der Waals surface area contributed by atoms with Crippen LogP contribution < -0.4 is 5.73 Å². The summed E-state index contributed by atoms with van der Waals surface area (Å²) in [7, 11) is 0. The molecule has 2 N–H and O–H groups in total. The highest BCUT2D eigenvalue weighted by atomic mass is 79.9. The first kappa shape index (κ1) is 12.2. The number of halogens is 1. The molecule has 0 aliphatic carbocycles. The van der Waals surface area contributed by atoms with Gasteiger partial charge in [0.05, 0.1) is 6.33 Å². The molecule has 1 heterocycles. The maximum Gasteiger partial charge on any atom is 0.132 e. The Balaban J connectivity index is 2.48. The molecule has 0 bridgehead atoms. The first-order valence-corrected chi connectivity index (χ1v) is 6.28. The van der Waals surface area contributed by atoms with Gasteiger partial charge in [0.2, 0.25) is 0 Å². The van der Waals surface area contributed by atoms with Crippen molar-refractivity contribution in [2.45, 2.75) is 26.3 Å². The Kier molecular flexibility index (Phi) is 3.00. The van der Waals surface area contributed by atoms with Gasteiger partial charge in [0, 0.05) is 15.6 Å². The van der Waals surface area contributed by atoms with Gasteiger partial charge in [0.15, 0.2) is 0 Å². The quantitative estimate of drug-likeness (QED) is 0.872. The molecule has 0 aliphatic rings. The van der Waals surface area contributed by atoms with E-state index in [1.54, 1.807) is 6.33 Å². The lowest BCUT2D eigenvalue weighted by Crippen LogP contribution is -2.22. The van der Waals surface area contributed by atoms with Gasteiger partial charge in [0.25, 0.3) is 0 Å². The summed E-state index contributed by atoms with van der Waals surface area (Å²) in [6.07, 6.45) is 1.80. The Morgan fingerprint density at radius 1 is 1.18 bits per heavy atom. The largest absolute Gasteiger partial charge is 0.383 e. The second-order valence-electron chi connectivity index (χ2n) is 5.03. The van der Waals surface area contributed by atoms with Gasteiger partial charge in [-0.05, 0) is 32.9 Å². The van der Waals surface area contributed by atoms with Crippen LogP contribution in [0, 0.1) is 0 Å². The first-order valence-electron chi connectivity index (χ1n) is 5.49. The summed E-state index contributed by atoms with van der Waals surface area (Å²) in [6, 6.07) is 8.00. The highest BCUT2D eigenvalue weighted by molar-refractivity contribution is 9.10. The summed E-state index contributed by atoms with van der Waals surface area (Å²) >= 11 is 3.42. The molecule has 2 rings (SSSR count). The minimum Gasteiger partial charge on any atom is -0.383 e. The van der Waals surface area contributed by atoms with Crippen LogP contribution in [0.5, 0.6) is 0 Å². The molecule has 1 aromatic carbocycles. The predicted molar refractivity (Wildman–Crippen MR) is 74.8 cm³/mol. The average molecular weight is 294 g/mol. The van der Waals surface area contributed by atoms with Crippen molar-refractivity contribution in [2.75, 3.05) is 5.73 Å². The molecule has 17 heavy (non-hydrogen) atoms. The Morgan fingerprint density at radius 3 is 2.24 bits per heavy atom. The lowest BCUT2D eigenvalue weighted by molar-refractivity contribution is 0.402. The number of nitrogens with zero attached hydrogens (tertiary/aromatic N) is 2. The normalized spacial score (nSPS) is 11.8. The Hall–Kier alpha value is -1.29. The second-order valence-corrected chi connectivity index (χ2v) is 5.94. The zero-order valence-electron chi connectivity index (χ0n) is 10.2. The number of hydrogen-bond donors (Lipinski definition) is 1. The molecule has 0 amide bonds. The maximum atomic E-state index is 6.15. The van der Waals surface area contributed by atoms with Crippen LogP contribution in [0.25, 0.3) is 11.3 Å². The van der Waals surface area contributed by atoms with Crippen molar-refractivity contribution in [2.24, 2.45) is 0 Å². The molecule has 0 spiro atoms. The van der Waals surface area contributed by atoms with E-state index in [2.05, 4.69) is 41.7 Å². The molecule has 0 saturated carbocycles. The number of anilines is 1. The van der Waals surface area contributed by atoms with Crippen molar-refractivity contribution in [3.8, 4) is 11.3 Å². The zero-order chi connectivity index (χ0) is 12.6. The van der Waals surface area contributed by atoms with E-state index >= 15 is 0 Å². The topological polar surface area (TPSA) is 43.8 Å². The smallest absolute Gasteiger partial charge is 0.132 e. The van der Waals surface area contributed by atoms with Gasteiger partial charge in [-0.2, -0.15) is 0 Å². The van der Waals surface area contributed by atoms with Crippen LogP contribution in [0.1, 0.15) is 20.8 Å². The molecule has 4 heteroatoms. The summed E-state index contributed by atoms with van der Waals surface area (Å²) in [5.74, 6) is 0.708. The molecule has 0 radical (unpaired) electrons. The zero-order valence-corrected chi connectivity index (χ0v) is 11.8. The third-order valence-corrected chi connectivity index (χ3v) is 3.17. The molecule has 0 fully saturated rings. The van der Waals surface area contributed by atoms with Crippen LogP contribution in [0.15, 0.2) is 35.1 Å². The molecular weight excluding hydrogens is 278 g/mol. The third kappa shape index (κ3) is 2.36. The average Bonchev–Trinajstić information content (AvgIpc) is 2.61. The van der Waals surface area contributed by atoms with Crippen molar-refractivity contribution in [3.05, 3.63) is 35.1 Å². The predicted octanol–water partition coefficient (Wildman–Crippen LogP) is 3.65. The van der Waals surface area contributed by atoms with Gasteiger partial charge in [-0.1, -0.05) is 28.1 Å². The second kappa shape index (κ2) is 4.18. The van der Waals surface area contributed by atoms with Crippen molar-refractivity contribution >= 4 is 21.7 Å². The van der Waals surface area contributed by atoms with Gasteiger partial charge in [-0.15, -0.1) is 0 Å². The Morgan fingerprint density at radius 2 is 1.76 bits per heavy atom. The molecule has 0 saturated heterocycles. The van der Waals surface area contributed by atoms with Crippen LogP contribution in [-0.2, 0) is 5.54 Å². The van der Waals surface area contributed by atoms with Crippen LogP contribution >= 0.6 is 15.9 Å². The maximum absolute atomic E-state index is 6.15. The molecule has 3 nitrogen and oxygen atoms in total. The van der Waals surface area contributed by atoms with Gasteiger partial charge >= 0.3 is 0 Å². The monoisotopic (exact) mass is 293 g/mol. The molecule has 1 aromatic heterocycles. The van der Waals surface area contributed by atoms with Gasteiger partial charge in [0.1, 0.15) is 11.5 Å². The number of hydrogen-bond acceptors (Lipinski definition) is 2. The molecule has 90 valence electrons. The standard InChI is InChI=1S/C13H16BrN3/c1-13(2,3)17-8-16-11(12(17)15)9-4-6-10(14)7-5-9/h4-8H,15H2,1-3H3. The van der Waals surface area contributed by atoms with Crippen LogP contribution in [0.3, 0.4) is 0 Å². The fourth-order valence-corrected chi connectivity index (χ4v) is 1.99. The molecule has 0 unspecified atom stereocenters. The van der Waals surface area contributed by atoms with Crippen LogP contribution in [0.2, 0.25) is 0 Å². The minimum atomic E-state index is -0.0509. The van der Waals surface area contributed by atoms with Gasteiger partial charge in [-0.3, -0.25) is 0 Å². The highest BCUT2D eigenvalue weighted by Crippen LogP contribution is 2.29. The Labute approximate surface area is 110 Å². The number of rotatable bonds is 1. The van der Waals surface area contributed by atoms with E-state index in [-0.39, 0.29) is 5.54 Å². The van der Waals surface area contributed by atoms with E-state index in [4.69, 9.17) is 5.73 Å². The van der Waals surface area contributed by atoms with E-state index < -0.39 is 0 Å². The molecule has 0 aliphatic heterocycles. The van der Waals surface area contributed by atoms with Gasteiger partial charge in [-0.25, -0.2) is 4.98 Å². The van der Waals surface area contributed by atoms with E-state index in [0.29, 0.717) is 5.82 Å². The lowest BCUT2D eigenvalue weighted by Gasteiger charge is -2.22. The van der Waals surface area contributed by atoms with Crippen molar-refractivity contribution in [3.63, 3.8) is 0 Å². The van der Waals surface area contributed by atoms with Crippen LogP contribution in [-0.4, -0.2) is 9.55 Å². The van der Waals surface area contributed by atoms with Crippen molar-refractivity contribution in [1.29, 1.82) is 0 Å². The fraction of sp³-hybridized carbons (Fsp3) is 0.308. The number of benzene rings is 1. The summed E-state index contributed by atoms with van der Waals surface area (Å²) in [6.45, 7) is 6.32. The molecule has 0 atom stereocenters. The summed E-state index contributed by atoms with van der Waals surface area (Å²) in [5, 5.41) is 0. The lowest BCUT2D eigenvalue weighted by atomic mass is 10.1. The SMILES string of the molecule is CC(C)(C)n1cnc(-c2ccc(Br)cc2)c1N. The van der Waals surface area contributed by atoms with E-state index in [9.17, 15) is 0 Å². The number of nitrogens with two attached hydrogens (primary N) is 1.